The quantitative estimate of drug-likeness (QED) is 0.799. The molecule has 3 nitrogen and oxygen atoms in total. The lowest BCUT2D eigenvalue weighted by molar-refractivity contribution is -0.133. The second-order valence-corrected chi connectivity index (χ2v) is 4.45. The average Bonchev–Trinajstić information content (AvgIpc) is 2.26. The molecule has 0 aliphatic carbocycles. The number of aryl methyl sites for hydroxylation is 1. The Balaban J connectivity index is 2.10. The van der Waals surface area contributed by atoms with E-state index in [1.54, 1.807) is 0 Å². The lowest BCUT2D eigenvalue weighted by atomic mass is 10.1. The van der Waals surface area contributed by atoms with E-state index in [0.717, 1.165) is 30.1 Å². The standard InChI is InChI=1S/C11H12O3S/c12-11(13)7-15-9-3-4-10-8(6-9)2-1-5-14-10/h3-4,6H,1-2,5,7H2,(H,12,13). The first-order chi connectivity index (χ1) is 7.25. The summed E-state index contributed by atoms with van der Waals surface area (Å²) >= 11 is 1.35. The highest BCUT2D eigenvalue weighted by molar-refractivity contribution is 8.00. The number of carboxylic acids is 1. The summed E-state index contributed by atoms with van der Waals surface area (Å²) in [6, 6.07) is 5.87. The van der Waals surface area contributed by atoms with E-state index >= 15 is 0 Å². The predicted octanol–water partition coefficient (Wildman–Crippen LogP) is 2.19. The third-order valence-corrected chi connectivity index (χ3v) is 3.22. The molecule has 0 radical (unpaired) electrons. The van der Waals surface area contributed by atoms with Crippen molar-refractivity contribution in [1.29, 1.82) is 0 Å². The average molecular weight is 224 g/mol. The molecule has 2 rings (SSSR count). The van der Waals surface area contributed by atoms with Crippen molar-refractivity contribution >= 4 is 17.7 Å². The van der Waals surface area contributed by atoms with Gasteiger partial charge in [0.25, 0.3) is 0 Å². The van der Waals surface area contributed by atoms with Crippen LogP contribution in [0.2, 0.25) is 0 Å². The fourth-order valence-corrected chi connectivity index (χ4v) is 2.25. The van der Waals surface area contributed by atoms with E-state index in [9.17, 15) is 4.79 Å². The zero-order valence-electron chi connectivity index (χ0n) is 8.23. The van der Waals surface area contributed by atoms with Crippen molar-refractivity contribution in [3.63, 3.8) is 0 Å². The van der Waals surface area contributed by atoms with Crippen molar-refractivity contribution in [3.05, 3.63) is 23.8 Å². The molecule has 0 aromatic heterocycles. The van der Waals surface area contributed by atoms with Gasteiger partial charge in [-0.2, -0.15) is 0 Å². The minimum Gasteiger partial charge on any atom is -0.493 e. The second kappa shape index (κ2) is 4.57. The largest absolute Gasteiger partial charge is 0.493 e. The first kappa shape index (κ1) is 10.4. The number of benzene rings is 1. The summed E-state index contributed by atoms with van der Waals surface area (Å²) in [4.78, 5) is 11.4. The van der Waals surface area contributed by atoms with E-state index in [1.807, 2.05) is 18.2 Å². The minimum absolute atomic E-state index is 0.111. The van der Waals surface area contributed by atoms with Crippen LogP contribution in [0.4, 0.5) is 0 Å². The van der Waals surface area contributed by atoms with Gasteiger partial charge in [0.2, 0.25) is 0 Å². The molecule has 0 atom stereocenters. The third kappa shape index (κ3) is 2.65. The van der Waals surface area contributed by atoms with Crippen LogP contribution in [0.25, 0.3) is 0 Å². The van der Waals surface area contributed by atoms with Gasteiger partial charge in [-0.15, -0.1) is 11.8 Å². The van der Waals surface area contributed by atoms with Gasteiger partial charge in [0.1, 0.15) is 5.75 Å². The van der Waals surface area contributed by atoms with Crippen LogP contribution in [-0.4, -0.2) is 23.4 Å². The highest BCUT2D eigenvalue weighted by Gasteiger charge is 2.10. The van der Waals surface area contributed by atoms with Gasteiger partial charge in [-0.3, -0.25) is 4.79 Å². The number of ether oxygens (including phenoxy) is 1. The minimum atomic E-state index is -0.783. The highest BCUT2D eigenvalue weighted by atomic mass is 32.2. The van der Waals surface area contributed by atoms with Crippen molar-refractivity contribution in [1.82, 2.24) is 0 Å². The summed E-state index contributed by atoms with van der Waals surface area (Å²) < 4.78 is 5.48. The number of hydrogen-bond donors (Lipinski definition) is 1. The van der Waals surface area contributed by atoms with Gasteiger partial charge in [0, 0.05) is 4.90 Å². The number of fused-ring (bicyclic) bond motifs is 1. The Hall–Kier alpha value is -1.16. The summed E-state index contributed by atoms with van der Waals surface area (Å²) in [6.45, 7) is 0.786. The van der Waals surface area contributed by atoms with Crippen molar-refractivity contribution in [3.8, 4) is 5.75 Å². The molecule has 15 heavy (non-hydrogen) atoms. The molecule has 0 bridgehead atoms. The van der Waals surface area contributed by atoms with Crippen LogP contribution < -0.4 is 4.74 Å². The van der Waals surface area contributed by atoms with Crippen LogP contribution in [0.15, 0.2) is 23.1 Å². The molecule has 4 heteroatoms. The van der Waals surface area contributed by atoms with Crippen molar-refractivity contribution in [2.24, 2.45) is 0 Å². The maximum absolute atomic E-state index is 10.4. The molecule has 1 N–H and O–H groups in total. The Morgan fingerprint density at radius 3 is 3.20 bits per heavy atom. The summed E-state index contributed by atoms with van der Waals surface area (Å²) in [5.41, 5.74) is 1.19. The number of aliphatic carboxylic acids is 1. The molecule has 0 spiro atoms. The van der Waals surface area contributed by atoms with E-state index < -0.39 is 5.97 Å². The number of carboxylic acid groups (broad SMARTS) is 1. The lowest BCUT2D eigenvalue weighted by Gasteiger charge is -2.17. The molecule has 1 aliphatic rings. The molecule has 0 fully saturated rings. The molecule has 0 amide bonds. The van der Waals surface area contributed by atoms with Gasteiger partial charge in [0.05, 0.1) is 12.4 Å². The van der Waals surface area contributed by atoms with Gasteiger partial charge in [0.15, 0.2) is 0 Å². The van der Waals surface area contributed by atoms with E-state index in [4.69, 9.17) is 9.84 Å². The van der Waals surface area contributed by atoms with Crippen LogP contribution in [-0.2, 0) is 11.2 Å². The molecular formula is C11H12O3S. The summed E-state index contributed by atoms with van der Waals surface area (Å²) in [5.74, 6) is 0.273. The van der Waals surface area contributed by atoms with Gasteiger partial charge < -0.3 is 9.84 Å². The highest BCUT2D eigenvalue weighted by Crippen LogP contribution is 2.29. The SMILES string of the molecule is O=C(O)CSc1ccc2c(c1)CCCO2. The monoisotopic (exact) mass is 224 g/mol. The maximum Gasteiger partial charge on any atom is 0.313 e. The van der Waals surface area contributed by atoms with Crippen LogP contribution in [0.1, 0.15) is 12.0 Å². The van der Waals surface area contributed by atoms with Gasteiger partial charge in [-0.25, -0.2) is 0 Å². The maximum atomic E-state index is 10.4. The van der Waals surface area contributed by atoms with E-state index in [1.165, 1.54) is 17.3 Å². The lowest BCUT2D eigenvalue weighted by Crippen LogP contribution is -2.08. The first-order valence-electron chi connectivity index (χ1n) is 4.86. The number of rotatable bonds is 3. The molecule has 0 saturated heterocycles. The smallest absolute Gasteiger partial charge is 0.313 e. The van der Waals surface area contributed by atoms with Gasteiger partial charge >= 0.3 is 5.97 Å². The number of carbonyl (C=O) groups is 1. The van der Waals surface area contributed by atoms with Crippen LogP contribution in [0.3, 0.4) is 0 Å². The zero-order chi connectivity index (χ0) is 10.7. The number of hydrogen-bond acceptors (Lipinski definition) is 3. The molecular weight excluding hydrogens is 212 g/mol. The van der Waals surface area contributed by atoms with Gasteiger partial charge in [-0.05, 0) is 36.6 Å². The fraction of sp³-hybridized carbons (Fsp3) is 0.364. The van der Waals surface area contributed by atoms with E-state index in [2.05, 4.69) is 0 Å². The Bertz CT molecular complexity index is 376. The van der Waals surface area contributed by atoms with Crippen LogP contribution in [0.5, 0.6) is 5.75 Å². The third-order valence-electron chi connectivity index (χ3n) is 2.24. The Morgan fingerprint density at radius 2 is 2.40 bits per heavy atom. The normalized spacial score (nSPS) is 14.1. The van der Waals surface area contributed by atoms with Gasteiger partial charge in [-0.1, -0.05) is 0 Å². The van der Waals surface area contributed by atoms with Crippen LogP contribution >= 0.6 is 11.8 Å². The molecule has 1 aromatic carbocycles. The van der Waals surface area contributed by atoms with E-state index in [-0.39, 0.29) is 5.75 Å². The molecule has 80 valence electrons. The molecule has 1 aromatic rings. The summed E-state index contributed by atoms with van der Waals surface area (Å²) in [7, 11) is 0. The number of thioether (sulfide) groups is 1. The van der Waals surface area contributed by atoms with E-state index in [0.29, 0.717) is 0 Å². The predicted molar refractivity (Wildman–Crippen MR) is 58.6 cm³/mol. The molecule has 1 aliphatic heterocycles. The molecule has 0 unspecified atom stereocenters. The zero-order valence-corrected chi connectivity index (χ0v) is 9.05. The topological polar surface area (TPSA) is 46.5 Å². The van der Waals surface area contributed by atoms with Crippen molar-refractivity contribution < 1.29 is 14.6 Å². The molecule has 1 heterocycles. The summed E-state index contributed by atoms with van der Waals surface area (Å²) in [6.07, 6.45) is 2.07. The Labute approximate surface area is 92.4 Å². The van der Waals surface area contributed by atoms with Crippen LogP contribution in [0, 0.1) is 0 Å². The van der Waals surface area contributed by atoms with Crippen molar-refractivity contribution in [2.75, 3.05) is 12.4 Å². The fourth-order valence-electron chi connectivity index (χ4n) is 1.57. The Kier molecular flexibility index (Phi) is 3.16. The molecule has 0 saturated carbocycles. The Morgan fingerprint density at radius 1 is 1.53 bits per heavy atom. The van der Waals surface area contributed by atoms with Crippen molar-refractivity contribution in [2.45, 2.75) is 17.7 Å². The second-order valence-electron chi connectivity index (χ2n) is 3.40. The summed E-state index contributed by atoms with van der Waals surface area (Å²) in [5, 5.41) is 8.57. The first-order valence-corrected chi connectivity index (χ1v) is 5.84.